The Kier molecular flexibility index (Phi) is 6.07. The highest BCUT2D eigenvalue weighted by molar-refractivity contribution is 5.95. The van der Waals surface area contributed by atoms with Gasteiger partial charge in [-0.2, -0.15) is 10.2 Å². The van der Waals surface area contributed by atoms with Crippen LogP contribution in [0.3, 0.4) is 0 Å². The summed E-state index contributed by atoms with van der Waals surface area (Å²) in [6.07, 6.45) is 1.35. The van der Waals surface area contributed by atoms with Crippen molar-refractivity contribution in [3.05, 3.63) is 75.6 Å². The van der Waals surface area contributed by atoms with Crippen LogP contribution in [0, 0.1) is 26.6 Å². The summed E-state index contributed by atoms with van der Waals surface area (Å²) < 4.78 is 23.7. The first-order chi connectivity index (χ1) is 17.7. The highest BCUT2D eigenvalue weighted by Gasteiger charge is 2.20. The van der Waals surface area contributed by atoms with Crippen LogP contribution in [0.15, 0.2) is 41.5 Å². The summed E-state index contributed by atoms with van der Waals surface area (Å²) in [5, 5.41) is 15.9. The van der Waals surface area contributed by atoms with Gasteiger partial charge in [-0.25, -0.2) is 14.2 Å². The predicted octanol–water partition coefficient (Wildman–Crippen LogP) is 3.13. The summed E-state index contributed by atoms with van der Waals surface area (Å²) in [6, 6.07) is 8.61. The number of imidazole rings is 1. The van der Waals surface area contributed by atoms with Crippen molar-refractivity contribution < 1.29 is 13.9 Å². The average molecular weight is 505 g/mol. The maximum Gasteiger partial charge on any atom is 0.329 e. The van der Waals surface area contributed by atoms with Gasteiger partial charge in [0.25, 0.3) is 0 Å². The number of fused-ring (bicyclic) bond motifs is 1. The van der Waals surface area contributed by atoms with Gasteiger partial charge in [-0.15, -0.1) is 0 Å². The minimum Gasteiger partial charge on any atom is -0.482 e. The molecule has 0 aliphatic carbocycles. The molecular formula is C25H25FN8O3. The number of benzene rings is 2. The zero-order chi connectivity index (χ0) is 26.3. The third-order valence-corrected chi connectivity index (χ3v) is 6.01. The van der Waals surface area contributed by atoms with Crippen molar-refractivity contribution in [2.75, 3.05) is 5.32 Å². The Morgan fingerprint density at radius 2 is 1.95 bits per heavy atom. The molecule has 0 unspecified atom stereocenters. The number of nitrogens with zero attached hydrogens (tertiary/aromatic N) is 5. The van der Waals surface area contributed by atoms with Crippen LogP contribution in [-0.4, -0.2) is 40.4 Å². The van der Waals surface area contributed by atoms with Gasteiger partial charge in [-0.1, -0.05) is 0 Å². The second kappa shape index (κ2) is 9.37. The molecule has 0 saturated carbocycles. The van der Waals surface area contributed by atoms with E-state index in [-0.39, 0.29) is 30.5 Å². The summed E-state index contributed by atoms with van der Waals surface area (Å²) in [5.41, 5.74) is 4.29. The molecule has 3 aromatic heterocycles. The summed E-state index contributed by atoms with van der Waals surface area (Å²) in [7, 11) is 1.63. The van der Waals surface area contributed by atoms with E-state index in [1.807, 2.05) is 26.0 Å². The number of halogens is 1. The van der Waals surface area contributed by atoms with Crippen LogP contribution in [-0.2, 0) is 25.0 Å². The molecule has 0 atom stereocenters. The lowest BCUT2D eigenvalue weighted by Crippen LogP contribution is -2.28. The molecule has 0 aliphatic rings. The molecule has 2 aromatic carbocycles. The second-order valence-corrected chi connectivity index (χ2v) is 8.92. The molecule has 0 radical (unpaired) electrons. The van der Waals surface area contributed by atoms with Crippen molar-refractivity contribution in [2.45, 2.75) is 33.9 Å². The van der Waals surface area contributed by atoms with Crippen molar-refractivity contribution in [2.24, 2.45) is 7.05 Å². The first kappa shape index (κ1) is 24.0. The Labute approximate surface area is 210 Å². The molecule has 11 nitrogen and oxygen atoms in total. The lowest BCUT2D eigenvalue weighted by atomic mass is 9.99. The third-order valence-electron chi connectivity index (χ3n) is 6.01. The van der Waals surface area contributed by atoms with Crippen LogP contribution in [0.1, 0.15) is 22.6 Å². The Balaban J connectivity index is 1.52. The van der Waals surface area contributed by atoms with Gasteiger partial charge >= 0.3 is 5.69 Å². The number of nitrogens with one attached hydrogen (secondary N) is 3. The Morgan fingerprint density at radius 3 is 2.62 bits per heavy atom. The molecule has 37 heavy (non-hydrogen) atoms. The predicted molar refractivity (Wildman–Crippen MR) is 135 cm³/mol. The zero-order valence-corrected chi connectivity index (χ0v) is 20.7. The van der Waals surface area contributed by atoms with Crippen LogP contribution in [0.25, 0.3) is 22.2 Å². The van der Waals surface area contributed by atoms with Gasteiger partial charge in [0.15, 0.2) is 23.2 Å². The molecule has 3 heterocycles. The van der Waals surface area contributed by atoms with E-state index in [1.165, 1.54) is 21.5 Å². The lowest BCUT2D eigenvalue weighted by molar-refractivity contribution is -0.116. The van der Waals surface area contributed by atoms with Gasteiger partial charge in [-0.05, 0) is 61.7 Å². The molecule has 190 valence electrons. The number of aromatic nitrogens is 7. The molecule has 0 aliphatic heterocycles. The number of rotatable bonds is 7. The summed E-state index contributed by atoms with van der Waals surface area (Å²) in [5.74, 6) is 0.0395. The molecule has 1 amide bonds. The number of amides is 1. The largest absolute Gasteiger partial charge is 0.482 e. The Hall–Kier alpha value is -4.74. The van der Waals surface area contributed by atoms with E-state index in [0.717, 1.165) is 11.3 Å². The normalized spacial score (nSPS) is 11.3. The minimum absolute atomic E-state index is 0.0447. The molecule has 5 rings (SSSR count). The van der Waals surface area contributed by atoms with Gasteiger partial charge < -0.3 is 10.1 Å². The average Bonchev–Trinajstić information content (AvgIpc) is 3.56. The number of carbonyl (C=O) groups is 1. The fourth-order valence-electron chi connectivity index (χ4n) is 4.39. The molecular weight excluding hydrogens is 479 g/mol. The minimum atomic E-state index is -0.540. The molecule has 0 bridgehead atoms. The summed E-state index contributed by atoms with van der Waals surface area (Å²) in [6.45, 7) is 5.30. The first-order valence-electron chi connectivity index (χ1n) is 11.5. The molecule has 3 N–H and O–H groups in total. The number of ether oxygens (including phenoxy) is 1. The van der Waals surface area contributed by atoms with Gasteiger partial charge in [0.2, 0.25) is 5.91 Å². The summed E-state index contributed by atoms with van der Waals surface area (Å²) in [4.78, 5) is 29.9. The number of carbonyl (C=O) groups excluding carboxylic acids is 1. The van der Waals surface area contributed by atoms with Crippen LogP contribution in [0.4, 0.5) is 10.2 Å². The van der Waals surface area contributed by atoms with Gasteiger partial charge in [0.1, 0.15) is 19.5 Å². The smallest absolute Gasteiger partial charge is 0.329 e. The Morgan fingerprint density at radius 1 is 1.14 bits per heavy atom. The van der Waals surface area contributed by atoms with Crippen LogP contribution in [0.5, 0.6) is 5.75 Å². The first-order valence-corrected chi connectivity index (χ1v) is 11.5. The lowest BCUT2D eigenvalue weighted by Gasteiger charge is -2.13. The van der Waals surface area contributed by atoms with E-state index in [9.17, 15) is 9.59 Å². The highest BCUT2D eigenvalue weighted by atomic mass is 19.1. The van der Waals surface area contributed by atoms with Crippen LogP contribution in [0.2, 0.25) is 0 Å². The number of aryl methyl sites for hydroxylation is 4. The maximum atomic E-state index is 15.2. The maximum absolute atomic E-state index is 15.2. The van der Waals surface area contributed by atoms with Crippen molar-refractivity contribution in [3.8, 4) is 16.9 Å². The van der Waals surface area contributed by atoms with Crippen molar-refractivity contribution >= 4 is 22.8 Å². The fourth-order valence-corrected chi connectivity index (χ4v) is 4.39. The van der Waals surface area contributed by atoms with Crippen LogP contribution >= 0.6 is 0 Å². The van der Waals surface area contributed by atoms with E-state index in [4.69, 9.17) is 4.74 Å². The molecule has 0 spiro atoms. The molecule has 5 aromatic rings. The van der Waals surface area contributed by atoms with Gasteiger partial charge in [0, 0.05) is 24.4 Å². The monoisotopic (exact) mass is 504 g/mol. The topological polar surface area (TPSA) is 136 Å². The van der Waals surface area contributed by atoms with Crippen LogP contribution < -0.4 is 15.7 Å². The van der Waals surface area contributed by atoms with E-state index < -0.39 is 5.82 Å². The standard InChI is InChI=1S/C25H25FN8O3/c1-13-5-17(16-7-14(2)24(18(26)9-16)37-11-21-27-12-28-31-21)23-19(6-13)34(25(36)33(23)4)10-22(35)29-20-8-15(3)30-32-20/h5-9,12H,10-11H2,1-4H3,(H,27,28,31)(H2,29,30,32,35). The summed E-state index contributed by atoms with van der Waals surface area (Å²) >= 11 is 0. The number of hydrogen-bond acceptors (Lipinski definition) is 6. The Bertz CT molecular complexity index is 1660. The molecule has 0 saturated heterocycles. The van der Waals surface area contributed by atoms with Crippen molar-refractivity contribution in [1.82, 2.24) is 34.5 Å². The van der Waals surface area contributed by atoms with Crippen molar-refractivity contribution in [1.29, 1.82) is 0 Å². The highest BCUT2D eigenvalue weighted by Crippen LogP contribution is 2.34. The number of hydrogen-bond donors (Lipinski definition) is 3. The number of H-pyrrole nitrogens is 2. The molecule has 12 heteroatoms. The van der Waals surface area contributed by atoms with E-state index in [0.29, 0.717) is 39.4 Å². The van der Waals surface area contributed by atoms with E-state index >= 15 is 4.39 Å². The van der Waals surface area contributed by atoms with E-state index in [1.54, 1.807) is 26.1 Å². The fraction of sp³-hybridized carbons (Fsp3) is 0.240. The SMILES string of the molecule is Cc1cc(-c2cc(C)c(OCc3ncn[nH]3)c(F)c2)c2c(c1)n(CC(=O)Nc1cc(C)[nH]n1)c(=O)n2C. The van der Waals surface area contributed by atoms with Gasteiger partial charge in [-0.3, -0.25) is 24.1 Å². The quantitative estimate of drug-likeness (QED) is 0.312. The number of aromatic amines is 2. The van der Waals surface area contributed by atoms with E-state index in [2.05, 4.69) is 30.7 Å². The van der Waals surface area contributed by atoms with Crippen molar-refractivity contribution in [3.63, 3.8) is 0 Å². The number of anilines is 1. The second-order valence-electron chi connectivity index (χ2n) is 8.92. The zero-order valence-electron chi connectivity index (χ0n) is 20.7. The molecule has 0 fully saturated rings. The van der Waals surface area contributed by atoms with Gasteiger partial charge in [0.05, 0.1) is 11.0 Å². The third kappa shape index (κ3) is 4.60.